The van der Waals surface area contributed by atoms with Crippen molar-refractivity contribution in [3.8, 4) is 11.8 Å². The Morgan fingerprint density at radius 1 is 1.50 bits per heavy atom. The van der Waals surface area contributed by atoms with Crippen LogP contribution in [0.2, 0.25) is 0 Å². The van der Waals surface area contributed by atoms with Crippen molar-refractivity contribution >= 4 is 26.8 Å². The predicted octanol–water partition coefficient (Wildman–Crippen LogP) is 2.48. The Kier molecular flexibility index (Phi) is 4.22. The van der Waals surface area contributed by atoms with Gasteiger partial charge in [0.2, 0.25) is 0 Å². The number of hydrogen-bond acceptors (Lipinski definition) is 5. The zero-order valence-corrected chi connectivity index (χ0v) is 15.2. The van der Waals surface area contributed by atoms with Crippen LogP contribution in [0.15, 0.2) is 15.3 Å². The molecular weight excluding hydrogens is 374 g/mol. The minimum Gasteiger partial charge on any atom is -0.492 e. The summed E-state index contributed by atoms with van der Waals surface area (Å²) in [5, 5.41) is 0.512. The Morgan fingerprint density at radius 2 is 2.38 bits per heavy atom. The first-order valence-electron chi connectivity index (χ1n) is 8.34. The molecule has 24 heavy (non-hydrogen) atoms. The molecular formula is C17H20BrN3O3. The molecule has 2 aromatic rings. The van der Waals surface area contributed by atoms with Gasteiger partial charge in [0.15, 0.2) is 0 Å². The molecule has 0 saturated carbocycles. The highest BCUT2D eigenvalue weighted by atomic mass is 79.9. The number of fused-ring (bicyclic) bond motifs is 3. The van der Waals surface area contributed by atoms with Crippen LogP contribution in [0.25, 0.3) is 10.9 Å². The van der Waals surface area contributed by atoms with Crippen LogP contribution < -0.4 is 15.0 Å². The summed E-state index contributed by atoms with van der Waals surface area (Å²) >= 11 is 3.57. The number of ether oxygens (including phenoxy) is 2. The summed E-state index contributed by atoms with van der Waals surface area (Å²) in [6.07, 6.45) is 4.15. The number of hydrogen-bond donors (Lipinski definition) is 1. The van der Waals surface area contributed by atoms with Crippen molar-refractivity contribution in [1.29, 1.82) is 0 Å². The Balaban J connectivity index is 1.68. The fraction of sp³-hybridized carbons (Fsp3) is 0.529. The van der Waals surface area contributed by atoms with E-state index in [2.05, 4.69) is 37.8 Å². The van der Waals surface area contributed by atoms with E-state index in [-0.39, 0.29) is 11.6 Å². The molecule has 1 aromatic heterocycles. The van der Waals surface area contributed by atoms with E-state index in [1.54, 1.807) is 0 Å². The first kappa shape index (κ1) is 15.9. The first-order chi connectivity index (χ1) is 11.6. The maximum absolute atomic E-state index is 12.6. The van der Waals surface area contributed by atoms with Crippen molar-refractivity contribution in [2.45, 2.75) is 31.7 Å². The van der Waals surface area contributed by atoms with E-state index in [0.29, 0.717) is 35.9 Å². The number of halogens is 1. The quantitative estimate of drug-likeness (QED) is 0.867. The van der Waals surface area contributed by atoms with Gasteiger partial charge in [-0.05, 0) is 45.3 Å². The Bertz CT molecular complexity index is 836. The van der Waals surface area contributed by atoms with Crippen molar-refractivity contribution in [2.75, 3.05) is 26.8 Å². The second-order valence-corrected chi connectivity index (χ2v) is 7.33. The van der Waals surface area contributed by atoms with Crippen LogP contribution in [0.4, 0.5) is 0 Å². The van der Waals surface area contributed by atoms with Crippen molar-refractivity contribution in [2.24, 2.45) is 0 Å². The van der Waals surface area contributed by atoms with Crippen LogP contribution >= 0.6 is 15.9 Å². The molecule has 0 spiro atoms. The summed E-state index contributed by atoms with van der Waals surface area (Å²) < 4.78 is 12.5. The summed E-state index contributed by atoms with van der Waals surface area (Å²) in [7, 11) is 2.10. The SMILES string of the molecule is CN1CCC[C@H]1COc1nc2cc(Br)c3c(c2c(=O)[nH]1)OCCC3. The minimum absolute atomic E-state index is 0.208. The second-order valence-electron chi connectivity index (χ2n) is 6.47. The molecule has 0 aliphatic carbocycles. The van der Waals surface area contributed by atoms with E-state index in [4.69, 9.17) is 9.47 Å². The molecule has 7 heteroatoms. The maximum atomic E-state index is 12.6. The number of rotatable bonds is 3. The lowest BCUT2D eigenvalue weighted by atomic mass is 10.0. The molecule has 3 heterocycles. The highest BCUT2D eigenvalue weighted by Gasteiger charge is 2.23. The van der Waals surface area contributed by atoms with E-state index in [9.17, 15) is 4.79 Å². The van der Waals surface area contributed by atoms with Crippen LogP contribution in [-0.2, 0) is 6.42 Å². The van der Waals surface area contributed by atoms with Crippen LogP contribution in [0.3, 0.4) is 0 Å². The van der Waals surface area contributed by atoms with Crippen LogP contribution in [0, 0.1) is 0 Å². The smallest absolute Gasteiger partial charge is 0.297 e. The Labute approximate surface area is 148 Å². The fourth-order valence-electron chi connectivity index (χ4n) is 3.51. The standard InChI is InChI=1S/C17H20BrN3O3/c1-21-6-2-4-10(21)9-24-17-19-13-8-12(18)11-5-3-7-23-15(11)14(13)16(22)20-17/h8,10H,2-7,9H2,1H3,(H,19,20,22)/t10-/m0/s1. The number of aromatic amines is 1. The molecule has 2 aliphatic rings. The van der Waals surface area contributed by atoms with E-state index in [1.165, 1.54) is 6.42 Å². The third-order valence-corrected chi connectivity index (χ3v) is 5.59. The number of nitrogens with one attached hydrogen (secondary N) is 1. The van der Waals surface area contributed by atoms with Crippen LogP contribution in [0.1, 0.15) is 24.8 Å². The maximum Gasteiger partial charge on any atom is 0.297 e. The number of likely N-dealkylation sites (N-methyl/N-ethyl adjacent to an activating group) is 1. The average molecular weight is 394 g/mol. The third-order valence-electron chi connectivity index (χ3n) is 4.88. The predicted molar refractivity (Wildman–Crippen MR) is 95.0 cm³/mol. The molecule has 1 saturated heterocycles. The summed E-state index contributed by atoms with van der Waals surface area (Å²) in [4.78, 5) is 22.1. The third kappa shape index (κ3) is 2.80. The van der Waals surface area contributed by atoms with Gasteiger partial charge in [-0.2, -0.15) is 4.98 Å². The van der Waals surface area contributed by atoms with E-state index >= 15 is 0 Å². The molecule has 2 aliphatic heterocycles. The lowest BCUT2D eigenvalue weighted by molar-refractivity contribution is 0.188. The number of aromatic nitrogens is 2. The number of H-pyrrole nitrogens is 1. The molecule has 0 unspecified atom stereocenters. The highest BCUT2D eigenvalue weighted by Crippen LogP contribution is 2.36. The molecule has 0 radical (unpaired) electrons. The summed E-state index contributed by atoms with van der Waals surface area (Å²) in [5.41, 5.74) is 1.43. The Hall–Kier alpha value is -1.60. The van der Waals surface area contributed by atoms with Crippen molar-refractivity contribution in [3.05, 3.63) is 26.5 Å². The largest absolute Gasteiger partial charge is 0.492 e. The highest BCUT2D eigenvalue weighted by molar-refractivity contribution is 9.10. The van der Waals surface area contributed by atoms with Gasteiger partial charge in [-0.15, -0.1) is 0 Å². The van der Waals surface area contributed by atoms with Gasteiger partial charge in [0.1, 0.15) is 17.7 Å². The van der Waals surface area contributed by atoms with E-state index in [0.717, 1.165) is 35.8 Å². The number of benzene rings is 1. The van der Waals surface area contributed by atoms with Gasteiger partial charge in [-0.25, -0.2) is 0 Å². The molecule has 1 aromatic carbocycles. The Morgan fingerprint density at radius 3 is 3.17 bits per heavy atom. The molecule has 4 rings (SSSR count). The van der Waals surface area contributed by atoms with Gasteiger partial charge in [0, 0.05) is 16.1 Å². The first-order valence-corrected chi connectivity index (χ1v) is 9.14. The van der Waals surface area contributed by atoms with E-state index < -0.39 is 0 Å². The van der Waals surface area contributed by atoms with Gasteiger partial charge < -0.3 is 14.4 Å². The van der Waals surface area contributed by atoms with Crippen molar-refractivity contribution in [1.82, 2.24) is 14.9 Å². The van der Waals surface area contributed by atoms with Crippen LogP contribution in [0.5, 0.6) is 11.8 Å². The van der Waals surface area contributed by atoms with Crippen molar-refractivity contribution < 1.29 is 9.47 Å². The second kappa shape index (κ2) is 6.37. The molecule has 0 bridgehead atoms. The fourth-order valence-corrected chi connectivity index (χ4v) is 4.10. The topological polar surface area (TPSA) is 67.5 Å². The normalized spacial score (nSPS) is 20.8. The summed E-state index contributed by atoms with van der Waals surface area (Å²) in [6.45, 7) is 2.25. The minimum atomic E-state index is -0.208. The van der Waals surface area contributed by atoms with Crippen LogP contribution in [-0.4, -0.2) is 47.7 Å². The van der Waals surface area contributed by atoms with Crippen molar-refractivity contribution in [3.63, 3.8) is 0 Å². The van der Waals surface area contributed by atoms with Gasteiger partial charge in [-0.3, -0.25) is 9.78 Å². The molecule has 1 N–H and O–H groups in total. The molecule has 1 fully saturated rings. The molecule has 1 atom stereocenters. The average Bonchev–Trinajstić information content (AvgIpc) is 2.98. The lowest BCUT2D eigenvalue weighted by Gasteiger charge is -2.21. The zero-order chi connectivity index (χ0) is 16.7. The van der Waals surface area contributed by atoms with Gasteiger partial charge in [0.25, 0.3) is 11.6 Å². The summed E-state index contributed by atoms with van der Waals surface area (Å²) in [5.74, 6) is 0.654. The molecule has 0 amide bonds. The van der Waals surface area contributed by atoms with Gasteiger partial charge >= 0.3 is 0 Å². The number of nitrogens with zero attached hydrogens (tertiary/aromatic N) is 2. The zero-order valence-electron chi connectivity index (χ0n) is 13.6. The molecule has 128 valence electrons. The van der Waals surface area contributed by atoms with Gasteiger partial charge in [-0.1, -0.05) is 15.9 Å². The summed E-state index contributed by atoms with van der Waals surface area (Å²) in [6, 6.07) is 2.53. The monoisotopic (exact) mass is 393 g/mol. The molecule has 6 nitrogen and oxygen atoms in total. The van der Waals surface area contributed by atoms with Gasteiger partial charge in [0.05, 0.1) is 12.1 Å². The lowest BCUT2D eigenvalue weighted by Crippen LogP contribution is -2.31. The van der Waals surface area contributed by atoms with E-state index in [1.807, 2.05) is 6.07 Å². The number of likely N-dealkylation sites (tertiary alicyclic amines) is 1.